The molecule has 0 saturated heterocycles. The number of carbonyl (C=O) groups is 1. The molecule has 2 heterocycles. The quantitative estimate of drug-likeness (QED) is 0.171. The van der Waals surface area contributed by atoms with Crippen LogP contribution in [-0.4, -0.2) is 30.5 Å². The van der Waals surface area contributed by atoms with Gasteiger partial charge in [-0.2, -0.15) is 10.2 Å². The molecule has 2 aromatic heterocycles. The first-order valence-corrected chi connectivity index (χ1v) is 15.1. The van der Waals surface area contributed by atoms with E-state index in [1.807, 2.05) is 18.5 Å². The lowest BCUT2D eigenvalue weighted by Gasteiger charge is -2.12. The number of Topliss-reactive ketones (excluding diaryl/α,β-unsaturated/α-hetero) is 1. The van der Waals surface area contributed by atoms with Crippen LogP contribution in [0.25, 0.3) is 0 Å². The minimum atomic E-state index is -0.899. The molecule has 0 amide bonds. The molecule has 0 aliphatic carbocycles. The lowest BCUT2D eigenvalue weighted by Crippen LogP contribution is -2.02. The van der Waals surface area contributed by atoms with Gasteiger partial charge in [-0.1, -0.05) is 60.3 Å². The van der Waals surface area contributed by atoms with Crippen molar-refractivity contribution in [1.29, 1.82) is 0 Å². The van der Waals surface area contributed by atoms with E-state index in [1.165, 1.54) is 11.6 Å². The van der Waals surface area contributed by atoms with Crippen LogP contribution in [-0.2, 0) is 25.9 Å². The van der Waals surface area contributed by atoms with E-state index in [9.17, 15) is 9.90 Å². The highest BCUT2D eigenvalue weighted by molar-refractivity contribution is 6.35. The number of halogens is 4. The van der Waals surface area contributed by atoms with Gasteiger partial charge in [0.05, 0.1) is 17.4 Å². The Bertz CT molecular complexity index is 1510. The smallest absolute Gasteiger partial charge is 0.224 e. The first-order valence-electron chi connectivity index (χ1n) is 13.6. The van der Waals surface area contributed by atoms with E-state index in [0.29, 0.717) is 49.6 Å². The van der Waals surface area contributed by atoms with Gasteiger partial charge in [0.15, 0.2) is 5.78 Å². The Labute approximate surface area is 266 Å². The second kappa shape index (κ2) is 15.1. The predicted octanol–water partition coefficient (Wildman–Crippen LogP) is 9.38. The number of ketones is 1. The molecule has 0 bridgehead atoms. The monoisotopic (exact) mass is 654 g/mol. The van der Waals surface area contributed by atoms with Crippen LogP contribution < -0.4 is 9.47 Å². The van der Waals surface area contributed by atoms with Crippen molar-refractivity contribution in [2.75, 3.05) is 0 Å². The molecule has 0 spiro atoms. The number of aryl methyl sites for hydroxylation is 3. The van der Waals surface area contributed by atoms with E-state index < -0.39 is 6.10 Å². The molecule has 0 aliphatic heterocycles. The van der Waals surface area contributed by atoms with Crippen molar-refractivity contribution in [2.24, 2.45) is 0 Å². The standard InChI is InChI=1S/C15H16Cl2N2O3.C15H18Cl2N2O/c1-4-19-15(13(8(2)20)14(18-19)9(3)21)22-12-6-10(16)5-11(17)7-12;1-4-13-14(5-2)18-19(6-3)15(13)20-12-8-10(16)7-11(17)9-12/h5-8,20H,4H2,1-3H3;7-9H,4-6H2,1-3H3/t8-;/m1./s1. The minimum Gasteiger partial charge on any atom is -0.439 e. The van der Waals surface area contributed by atoms with E-state index in [0.717, 1.165) is 36.5 Å². The molecule has 42 heavy (non-hydrogen) atoms. The Morgan fingerprint density at radius 1 is 0.786 bits per heavy atom. The van der Waals surface area contributed by atoms with E-state index in [-0.39, 0.29) is 11.5 Å². The number of benzene rings is 2. The van der Waals surface area contributed by atoms with Crippen LogP contribution in [0.15, 0.2) is 36.4 Å². The minimum absolute atomic E-state index is 0.194. The summed E-state index contributed by atoms with van der Waals surface area (Å²) in [4.78, 5) is 11.7. The van der Waals surface area contributed by atoms with Gasteiger partial charge in [0.2, 0.25) is 11.8 Å². The SMILES string of the molecule is CCc1nn(CC)c(Oc2cc(Cl)cc(Cl)c2)c1CC.CCn1nc(C(C)=O)c([C@@H](C)O)c1Oc1cc(Cl)cc(Cl)c1. The van der Waals surface area contributed by atoms with Gasteiger partial charge >= 0.3 is 0 Å². The fourth-order valence-corrected chi connectivity index (χ4v) is 5.33. The van der Waals surface area contributed by atoms with Crippen molar-refractivity contribution >= 4 is 52.2 Å². The normalized spacial score (nSPS) is 11.6. The van der Waals surface area contributed by atoms with Crippen LogP contribution in [0, 0.1) is 0 Å². The van der Waals surface area contributed by atoms with Crippen molar-refractivity contribution in [3.05, 3.63) is 79.0 Å². The summed E-state index contributed by atoms with van der Waals surface area (Å²) in [5.41, 5.74) is 2.77. The summed E-state index contributed by atoms with van der Waals surface area (Å²) in [5.74, 6) is 1.89. The molecule has 0 saturated carbocycles. The van der Waals surface area contributed by atoms with E-state index in [1.54, 1.807) is 43.3 Å². The number of aliphatic hydroxyl groups is 1. The van der Waals surface area contributed by atoms with Gasteiger partial charge in [-0.3, -0.25) is 4.79 Å². The second-order valence-corrected chi connectivity index (χ2v) is 11.0. The fourth-order valence-electron chi connectivity index (χ4n) is 4.32. The highest BCUT2D eigenvalue weighted by atomic mass is 35.5. The molecule has 1 atom stereocenters. The number of hydrogen-bond acceptors (Lipinski definition) is 6. The molecule has 0 radical (unpaired) electrons. The summed E-state index contributed by atoms with van der Waals surface area (Å²) in [6.07, 6.45) is 0.874. The molecule has 4 aromatic rings. The maximum absolute atomic E-state index is 11.7. The summed E-state index contributed by atoms with van der Waals surface area (Å²) in [7, 11) is 0. The van der Waals surface area contributed by atoms with Crippen LogP contribution in [0.5, 0.6) is 23.3 Å². The lowest BCUT2D eigenvalue weighted by molar-refractivity contribution is 0.100. The Balaban J connectivity index is 0.000000231. The Morgan fingerprint density at radius 3 is 1.62 bits per heavy atom. The Morgan fingerprint density at radius 2 is 1.24 bits per heavy atom. The van der Waals surface area contributed by atoms with Gasteiger partial charge in [0.25, 0.3) is 0 Å². The summed E-state index contributed by atoms with van der Waals surface area (Å²) in [6, 6.07) is 9.98. The highest BCUT2D eigenvalue weighted by Gasteiger charge is 2.25. The molecule has 0 aliphatic rings. The zero-order chi connectivity index (χ0) is 31.1. The summed E-state index contributed by atoms with van der Waals surface area (Å²) < 4.78 is 15.2. The molecule has 226 valence electrons. The molecular weight excluding hydrogens is 622 g/mol. The van der Waals surface area contributed by atoms with Gasteiger partial charge < -0.3 is 14.6 Å². The molecule has 1 N–H and O–H groups in total. The number of hydrogen-bond donors (Lipinski definition) is 1. The van der Waals surface area contributed by atoms with Crippen molar-refractivity contribution in [2.45, 2.75) is 73.6 Å². The van der Waals surface area contributed by atoms with Crippen LogP contribution in [0.3, 0.4) is 0 Å². The third-order valence-corrected chi connectivity index (χ3v) is 7.04. The highest BCUT2D eigenvalue weighted by Crippen LogP contribution is 2.35. The average molecular weight is 656 g/mol. The van der Waals surface area contributed by atoms with Crippen molar-refractivity contribution in [1.82, 2.24) is 19.6 Å². The zero-order valence-electron chi connectivity index (χ0n) is 24.3. The molecule has 4 rings (SSSR count). The first-order chi connectivity index (χ1) is 19.9. The largest absolute Gasteiger partial charge is 0.439 e. The maximum atomic E-state index is 11.7. The molecule has 12 heteroatoms. The number of aromatic nitrogens is 4. The average Bonchev–Trinajstić information content (AvgIpc) is 3.45. The fraction of sp³-hybridized carbons (Fsp3) is 0.367. The van der Waals surface area contributed by atoms with Gasteiger partial charge in [0.1, 0.15) is 17.2 Å². The van der Waals surface area contributed by atoms with Crippen LogP contribution in [0.1, 0.15) is 75.0 Å². The van der Waals surface area contributed by atoms with E-state index >= 15 is 0 Å². The van der Waals surface area contributed by atoms with Crippen LogP contribution in [0.2, 0.25) is 20.1 Å². The van der Waals surface area contributed by atoms with Gasteiger partial charge in [-0.05, 0) is 70.0 Å². The van der Waals surface area contributed by atoms with Gasteiger partial charge in [0, 0.05) is 45.7 Å². The second-order valence-electron chi connectivity index (χ2n) is 9.28. The van der Waals surface area contributed by atoms with Crippen molar-refractivity contribution in [3.63, 3.8) is 0 Å². The molecule has 0 unspecified atom stereocenters. The lowest BCUT2D eigenvalue weighted by atomic mass is 10.1. The molecular formula is C30H34Cl4N4O4. The zero-order valence-corrected chi connectivity index (χ0v) is 27.4. The van der Waals surface area contributed by atoms with Gasteiger partial charge in [-0.15, -0.1) is 0 Å². The van der Waals surface area contributed by atoms with Crippen molar-refractivity contribution in [3.8, 4) is 23.3 Å². The molecule has 2 aromatic carbocycles. The summed E-state index contributed by atoms with van der Waals surface area (Å²) >= 11 is 23.9. The number of aliphatic hydroxyl groups excluding tert-OH is 1. The molecule has 0 fully saturated rings. The first kappa shape index (κ1) is 33.7. The summed E-state index contributed by atoms with van der Waals surface area (Å²) in [5, 5.41) is 20.8. The van der Waals surface area contributed by atoms with Gasteiger partial charge in [-0.25, -0.2) is 9.36 Å². The van der Waals surface area contributed by atoms with E-state index in [2.05, 4.69) is 24.0 Å². The van der Waals surface area contributed by atoms with Crippen LogP contribution in [0.4, 0.5) is 0 Å². The summed E-state index contributed by atoms with van der Waals surface area (Å²) in [6.45, 7) is 12.3. The Kier molecular flexibility index (Phi) is 12.1. The van der Waals surface area contributed by atoms with Crippen molar-refractivity contribution < 1.29 is 19.4 Å². The maximum Gasteiger partial charge on any atom is 0.224 e. The predicted molar refractivity (Wildman–Crippen MR) is 168 cm³/mol. The third kappa shape index (κ3) is 8.20. The number of rotatable bonds is 10. The number of nitrogens with zero attached hydrogens (tertiary/aromatic N) is 4. The number of ether oxygens (including phenoxy) is 2. The van der Waals surface area contributed by atoms with Crippen LogP contribution >= 0.6 is 46.4 Å². The number of carbonyl (C=O) groups excluding carboxylic acids is 1. The third-order valence-electron chi connectivity index (χ3n) is 6.16. The topological polar surface area (TPSA) is 91.4 Å². The van der Waals surface area contributed by atoms with E-state index in [4.69, 9.17) is 55.9 Å². The molecule has 8 nitrogen and oxygen atoms in total. The Hall–Kier alpha value is -2.75.